The van der Waals surface area contributed by atoms with Crippen molar-refractivity contribution in [3.63, 3.8) is 0 Å². The van der Waals surface area contributed by atoms with Crippen LogP contribution in [-0.4, -0.2) is 47.4 Å². The van der Waals surface area contributed by atoms with E-state index in [0.717, 1.165) is 40.7 Å². The van der Waals surface area contributed by atoms with Gasteiger partial charge in [0.25, 0.3) is 0 Å². The molecule has 0 radical (unpaired) electrons. The van der Waals surface area contributed by atoms with Crippen molar-refractivity contribution >= 4 is 21.6 Å². The second kappa shape index (κ2) is 9.17. The van der Waals surface area contributed by atoms with E-state index in [4.69, 9.17) is 0 Å². The first-order valence-electron chi connectivity index (χ1n) is 10.4. The minimum Gasteiger partial charge on any atom is -0.326 e. The van der Waals surface area contributed by atoms with Gasteiger partial charge in [0.1, 0.15) is 11.6 Å². The van der Waals surface area contributed by atoms with Crippen LogP contribution in [-0.2, 0) is 14.8 Å². The zero-order valence-corrected chi connectivity index (χ0v) is 18.4. The summed E-state index contributed by atoms with van der Waals surface area (Å²) >= 11 is 0. The molecule has 2 N–H and O–H groups in total. The average Bonchev–Trinajstić information content (AvgIpc) is 3.50. The first-order chi connectivity index (χ1) is 15.3. The van der Waals surface area contributed by atoms with Gasteiger partial charge in [-0.3, -0.25) is 9.89 Å². The Bertz CT molecular complexity index is 1210. The number of hydrogen-bond acceptors (Lipinski definition) is 5. The Morgan fingerprint density at radius 3 is 2.69 bits per heavy atom. The van der Waals surface area contributed by atoms with Crippen LogP contribution in [0.4, 0.5) is 10.1 Å². The molecule has 0 spiro atoms. The molecule has 1 aliphatic carbocycles. The van der Waals surface area contributed by atoms with E-state index in [9.17, 15) is 17.6 Å². The maximum atomic E-state index is 13.0. The molecule has 0 atom stereocenters. The predicted octanol–water partition coefficient (Wildman–Crippen LogP) is 3.53. The number of aromatic amines is 1. The Labute approximate surface area is 185 Å². The van der Waals surface area contributed by atoms with Crippen molar-refractivity contribution in [2.45, 2.75) is 36.5 Å². The Hall–Kier alpha value is -3.11. The standard InChI is InChI=1S/C22H24FN5O3S/c1-28(32(30,31)19-11-9-17(23)10-12-19)13-3-6-20(29)24-18-5-2-4-16(14-18)22-25-21(26-27-22)15-7-8-15/h2,4-5,9-12,14-15H,3,6-8,13H2,1H3,(H,24,29)(H,25,26,27). The highest BCUT2D eigenvalue weighted by atomic mass is 32.2. The highest BCUT2D eigenvalue weighted by Crippen LogP contribution is 2.38. The van der Waals surface area contributed by atoms with Crippen LogP contribution in [0.3, 0.4) is 0 Å². The monoisotopic (exact) mass is 457 g/mol. The number of carbonyl (C=O) groups excluding carboxylic acids is 1. The molecule has 2 aromatic carbocycles. The van der Waals surface area contributed by atoms with Crippen LogP contribution in [0, 0.1) is 5.82 Å². The molecule has 0 bridgehead atoms. The maximum absolute atomic E-state index is 13.0. The van der Waals surface area contributed by atoms with E-state index in [1.54, 1.807) is 6.07 Å². The third kappa shape index (κ3) is 5.20. The molecule has 1 aromatic heterocycles. The fraction of sp³-hybridized carbons (Fsp3) is 0.318. The average molecular weight is 458 g/mol. The van der Waals surface area contributed by atoms with Crippen molar-refractivity contribution in [2.75, 3.05) is 18.9 Å². The Morgan fingerprint density at radius 2 is 1.97 bits per heavy atom. The van der Waals surface area contributed by atoms with Crippen molar-refractivity contribution < 1.29 is 17.6 Å². The molecule has 1 amide bonds. The number of H-pyrrole nitrogens is 1. The van der Waals surface area contributed by atoms with Crippen LogP contribution < -0.4 is 5.32 Å². The largest absolute Gasteiger partial charge is 0.326 e. The smallest absolute Gasteiger partial charge is 0.242 e. The van der Waals surface area contributed by atoms with Crippen molar-refractivity contribution in [2.24, 2.45) is 0 Å². The molecule has 10 heteroatoms. The third-order valence-electron chi connectivity index (χ3n) is 5.27. The second-order valence-corrected chi connectivity index (χ2v) is 9.88. The van der Waals surface area contributed by atoms with E-state index in [-0.39, 0.29) is 23.8 Å². The van der Waals surface area contributed by atoms with Gasteiger partial charge >= 0.3 is 0 Å². The minimum atomic E-state index is -3.73. The molecule has 4 rings (SSSR count). The molecule has 32 heavy (non-hydrogen) atoms. The number of amides is 1. The van der Waals surface area contributed by atoms with Crippen LogP contribution in [0.25, 0.3) is 11.4 Å². The third-order valence-corrected chi connectivity index (χ3v) is 7.14. The number of nitrogens with one attached hydrogen (secondary N) is 2. The van der Waals surface area contributed by atoms with Gasteiger partial charge < -0.3 is 5.32 Å². The number of sulfonamides is 1. The molecule has 1 fully saturated rings. The summed E-state index contributed by atoms with van der Waals surface area (Å²) in [6.07, 6.45) is 2.75. The Morgan fingerprint density at radius 1 is 1.22 bits per heavy atom. The molecule has 1 saturated carbocycles. The number of hydrogen-bond donors (Lipinski definition) is 2. The molecule has 1 heterocycles. The topological polar surface area (TPSA) is 108 Å². The van der Waals surface area contributed by atoms with Crippen molar-refractivity contribution in [1.29, 1.82) is 0 Å². The molecule has 168 valence electrons. The van der Waals surface area contributed by atoms with Crippen LogP contribution in [0.2, 0.25) is 0 Å². The minimum absolute atomic E-state index is 0.0134. The molecule has 8 nitrogen and oxygen atoms in total. The van der Waals surface area contributed by atoms with Crippen LogP contribution in [0.5, 0.6) is 0 Å². The molecule has 0 saturated heterocycles. The number of halogens is 1. The maximum Gasteiger partial charge on any atom is 0.242 e. The zero-order chi connectivity index (χ0) is 22.7. The van der Waals surface area contributed by atoms with Gasteiger partial charge in [0.05, 0.1) is 4.90 Å². The van der Waals surface area contributed by atoms with Crippen LogP contribution in [0.1, 0.15) is 37.4 Å². The highest BCUT2D eigenvalue weighted by molar-refractivity contribution is 7.89. The first-order valence-corrected chi connectivity index (χ1v) is 11.8. The number of rotatable bonds is 9. The number of carbonyl (C=O) groups is 1. The van der Waals surface area contributed by atoms with Gasteiger partial charge in [0.2, 0.25) is 15.9 Å². The SMILES string of the molecule is CN(CCCC(=O)Nc1cccc(-c2n[nH]c(C3CC3)n2)c1)S(=O)(=O)c1ccc(F)cc1. The Kier molecular flexibility index (Phi) is 6.33. The molecular weight excluding hydrogens is 433 g/mol. The number of benzene rings is 2. The predicted molar refractivity (Wildman–Crippen MR) is 118 cm³/mol. The van der Waals surface area contributed by atoms with E-state index in [2.05, 4.69) is 20.5 Å². The summed E-state index contributed by atoms with van der Waals surface area (Å²) in [5.74, 6) is 1.25. The highest BCUT2D eigenvalue weighted by Gasteiger charge is 2.27. The van der Waals surface area contributed by atoms with Crippen LogP contribution >= 0.6 is 0 Å². The van der Waals surface area contributed by atoms with Crippen molar-refractivity contribution in [3.05, 3.63) is 60.2 Å². The summed E-state index contributed by atoms with van der Waals surface area (Å²) in [7, 11) is -2.29. The van der Waals surface area contributed by atoms with E-state index >= 15 is 0 Å². The zero-order valence-electron chi connectivity index (χ0n) is 17.6. The molecular formula is C22H24FN5O3S. The van der Waals surface area contributed by atoms with E-state index in [1.165, 1.54) is 19.2 Å². The van der Waals surface area contributed by atoms with E-state index < -0.39 is 15.8 Å². The molecule has 3 aromatic rings. The lowest BCUT2D eigenvalue weighted by atomic mass is 10.2. The molecule has 1 aliphatic rings. The Balaban J connectivity index is 1.29. The van der Waals surface area contributed by atoms with Gasteiger partial charge in [-0.15, -0.1) is 0 Å². The summed E-state index contributed by atoms with van der Waals surface area (Å²) in [5.41, 5.74) is 1.42. The van der Waals surface area contributed by atoms with Gasteiger partial charge in [0.15, 0.2) is 5.82 Å². The van der Waals surface area contributed by atoms with Gasteiger partial charge in [-0.2, -0.15) is 5.10 Å². The van der Waals surface area contributed by atoms with E-state index in [1.807, 2.05) is 18.2 Å². The van der Waals surface area contributed by atoms with Crippen molar-refractivity contribution in [3.8, 4) is 11.4 Å². The van der Waals surface area contributed by atoms with Crippen molar-refractivity contribution in [1.82, 2.24) is 19.5 Å². The summed E-state index contributed by atoms with van der Waals surface area (Å²) in [5, 5.41) is 10.1. The van der Waals surface area contributed by atoms with E-state index in [0.29, 0.717) is 23.9 Å². The quantitative estimate of drug-likeness (QED) is 0.511. The summed E-state index contributed by atoms with van der Waals surface area (Å²) in [4.78, 5) is 16.9. The van der Waals surface area contributed by atoms with Gasteiger partial charge in [-0.05, 0) is 55.7 Å². The van der Waals surface area contributed by atoms with Gasteiger partial charge in [-0.1, -0.05) is 12.1 Å². The fourth-order valence-corrected chi connectivity index (χ4v) is 4.48. The fourth-order valence-electron chi connectivity index (χ4n) is 3.27. The number of anilines is 1. The van der Waals surface area contributed by atoms with Gasteiger partial charge in [0, 0.05) is 37.2 Å². The molecule has 0 unspecified atom stereocenters. The second-order valence-electron chi connectivity index (χ2n) is 7.83. The first kappa shape index (κ1) is 22.1. The lowest BCUT2D eigenvalue weighted by Crippen LogP contribution is -2.28. The summed E-state index contributed by atoms with van der Waals surface area (Å²) in [6.45, 7) is 0.161. The van der Waals surface area contributed by atoms with Gasteiger partial charge in [-0.25, -0.2) is 22.1 Å². The number of aromatic nitrogens is 3. The lowest BCUT2D eigenvalue weighted by Gasteiger charge is -2.17. The normalized spacial score (nSPS) is 14.0. The molecule has 0 aliphatic heterocycles. The summed E-state index contributed by atoms with van der Waals surface area (Å²) < 4.78 is 39.2. The summed E-state index contributed by atoms with van der Waals surface area (Å²) in [6, 6.07) is 11.9. The lowest BCUT2D eigenvalue weighted by molar-refractivity contribution is -0.116. The van der Waals surface area contributed by atoms with Crippen LogP contribution in [0.15, 0.2) is 53.4 Å². The number of nitrogens with zero attached hydrogens (tertiary/aromatic N) is 3.